The maximum atomic E-state index is 12.6. The summed E-state index contributed by atoms with van der Waals surface area (Å²) in [5.74, 6) is 1.01. The van der Waals surface area contributed by atoms with E-state index in [-0.39, 0.29) is 10.8 Å². The average Bonchev–Trinajstić information content (AvgIpc) is 3.18. The van der Waals surface area contributed by atoms with Gasteiger partial charge < -0.3 is 14.3 Å². The summed E-state index contributed by atoms with van der Waals surface area (Å²) in [5.41, 5.74) is 3.15. The number of aryl methyl sites for hydroxylation is 2. The molecule has 1 saturated carbocycles. The molecule has 0 aliphatic heterocycles. The second kappa shape index (κ2) is 5.09. The van der Waals surface area contributed by atoms with Crippen molar-refractivity contribution >= 4 is 33.1 Å². The van der Waals surface area contributed by atoms with Crippen molar-refractivity contribution in [3.8, 4) is 0 Å². The second-order valence-electron chi connectivity index (χ2n) is 5.99. The molecule has 1 aromatic carbocycles. The maximum Gasteiger partial charge on any atom is 0.307 e. The number of anilines is 1. The van der Waals surface area contributed by atoms with Crippen molar-refractivity contribution in [2.75, 3.05) is 5.32 Å². The fourth-order valence-corrected chi connectivity index (χ4v) is 3.67. The van der Waals surface area contributed by atoms with Crippen molar-refractivity contribution in [1.29, 1.82) is 0 Å². The first-order valence-corrected chi connectivity index (χ1v) is 8.35. The highest BCUT2D eigenvalue weighted by Crippen LogP contribution is 2.42. The van der Waals surface area contributed by atoms with E-state index < -0.39 is 0 Å². The Morgan fingerprint density at radius 1 is 1.39 bits per heavy atom. The van der Waals surface area contributed by atoms with Crippen LogP contribution < -0.4 is 10.2 Å². The predicted octanol–water partition coefficient (Wildman–Crippen LogP) is 3.63. The third-order valence-electron chi connectivity index (χ3n) is 4.27. The zero-order valence-corrected chi connectivity index (χ0v) is 13.7. The summed E-state index contributed by atoms with van der Waals surface area (Å²) in [4.78, 5) is 24.3. The Balaban J connectivity index is 1.69. The third kappa shape index (κ3) is 2.39. The van der Waals surface area contributed by atoms with Crippen molar-refractivity contribution in [3.63, 3.8) is 0 Å². The molecule has 5 nitrogen and oxygen atoms in total. The zero-order chi connectivity index (χ0) is 16.1. The van der Waals surface area contributed by atoms with Crippen LogP contribution in [-0.2, 0) is 7.05 Å². The lowest BCUT2D eigenvalue weighted by Crippen LogP contribution is -2.13. The number of benzene rings is 1. The number of nitrogens with zero attached hydrogens (tertiary/aromatic N) is 1. The van der Waals surface area contributed by atoms with E-state index >= 15 is 0 Å². The lowest BCUT2D eigenvalue weighted by atomic mass is 10.1. The van der Waals surface area contributed by atoms with Crippen LogP contribution in [0.3, 0.4) is 0 Å². The molecule has 23 heavy (non-hydrogen) atoms. The number of hydrogen-bond acceptors (Lipinski definition) is 4. The Kier molecular flexibility index (Phi) is 3.16. The number of aromatic nitrogens is 1. The number of nitrogens with one attached hydrogen (secondary N) is 1. The van der Waals surface area contributed by atoms with Gasteiger partial charge in [0.15, 0.2) is 0 Å². The monoisotopic (exact) mass is 328 g/mol. The van der Waals surface area contributed by atoms with Gasteiger partial charge in [-0.2, -0.15) is 0 Å². The van der Waals surface area contributed by atoms with Gasteiger partial charge in [0, 0.05) is 18.7 Å². The molecule has 0 atom stereocenters. The Morgan fingerprint density at radius 3 is 2.91 bits per heavy atom. The van der Waals surface area contributed by atoms with Gasteiger partial charge in [-0.15, -0.1) is 0 Å². The molecule has 4 rings (SSSR count). The van der Waals surface area contributed by atoms with Crippen LogP contribution >= 0.6 is 11.3 Å². The van der Waals surface area contributed by atoms with Crippen LogP contribution in [0.15, 0.2) is 33.7 Å². The van der Waals surface area contributed by atoms with Gasteiger partial charge in [-0.1, -0.05) is 11.3 Å². The fourth-order valence-electron chi connectivity index (χ4n) is 2.77. The minimum atomic E-state index is -0.161. The normalized spacial score (nSPS) is 14.3. The smallest absolute Gasteiger partial charge is 0.307 e. The van der Waals surface area contributed by atoms with Gasteiger partial charge in [-0.3, -0.25) is 9.59 Å². The molecule has 1 amide bonds. The summed E-state index contributed by atoms with van der Waals surface area (Å²) >= 11 is 1.18. The molecule has 0 spiro atoms. The van der Waals surface area contributed by atoms with Crippen LogP contribution in [0.1, 0.15) is 40.4 Å². The number of hydrogen-bond donors (Lipinski definition) is 1. The minimum Gasteiger partial charge on any atom is -0.468 e. The molecule has 0 unspecified atom stereocenters. The summed E-state index contributed by atoms with van der Waals surface area (Å²) in [7, 11) is 1.76. The van der Waals surface area contributed by atoms with Crippen LogP contribution in [0, 0.1) is 6.92 Å². The summed E-state index contributed by atoms with van der Waals surface area (Å²) in [6.07, 6.45) is 3.73. The first kappa shape index (κ1) is 14.3. The summed E-state index contributed by atoms with van der Waals surface area (Å²) in [6.45, 7) is 1.92. The largest absolute Gasteiger partial charge is 0.468 e. The van der Waals surface area contributed by atoms with Gasteiger partial charge in [0.2, 0.25) is 0 Å². The number of furan rings is 1. The summed E-state index contributed by atoms with van der Waals surface area (Å²) < 4.78 is 7.96. The molecule has 1 fully saturated rings. The molecule has 1 aliphatic rings. The number of amides is 1. The Bertz CT molecular complexity index is 976. The average molecular weight is 328 g/mol. The van der Waals surface area contributed by atoms with E-state index in [9.17, 15) is 9.59 Å². The lowest BCUT2D eigenvalue weighted by Gasteiger charge is -2.09. The van der Waals surface area contributed by atoms with Crippen molar-refractivity contribution in [2.24, 2.45) is 7.05 Å². The van der Waals surface area contributed by atoms with Gasteiger partial charge in [0.1, 0.15) is 5.76 Å². The van der Waals surface area contributed by atoms with E-state index in [1.165, 1.54) is 11.3 Å². The lowest BCUT2D eigenvalue weighted by molar-refractivity contribution is 0.102. The SMILES string of the molecule is Cc1cc2c(cc1NC(=O)c1ccoc1C1CC1)sc(=O)n2C. The number of carbonyl (C=O) groups is 1. The fraction of sp³-hybridized carbons (Fsp3) is 0.294. The Morgan fingerprint density at radius 2 is 2.17 bits per heavy atom. The van der Waals surface area contributed by atoms with Crippen LogP contribution in [0.25, 0.3) is 10.2 Å². The van der Waals surface area contributed by atoms with Gasteiger partial charge >= 0.3 is 4.87 Å². The molecule has 0 radical (unpaired) electrons. The number of fused-ring (bicyclic) bond motifs is 1. The van der Waals surface area contributed by atoms with E-state index in [4.69, 9.17) is 4.42 Å². The molecule has 1 aliphatic carbocycles. The molecule has 1 N–H and O–H groups in total. The zero-order valence-electron chi connectivity index (χ0n) is 12.9. The van der Waals surface area contributed by atoms with Gasteiger partial charge in [0.05, 0.1) is 22.0 Å². The van der Waals surface area contributed by atoms with Crippen LogP contribution in [0.2, 0.25) is 0 Å². The molecular weight excluding hydrogens is 312 g/mol. The quantitative estimate of drug-likeness (QED) is 0.798. The molecule has 0 bridgehead atoms. The maximum absolute atomic E-state index is 12.6. The van der Waals surface area contributed by atoms with Gasteiger partial charge in [-0.25, -0.2) is 0 Å². The minimum absolute atomic E-state index is 0.00580. The molecule has 118 valence electrons. The molecule has 0 saturated heterocycles. The highest BCUT2D eigenvalue weighted by Gasteiger charge is 2.31. The predicted molar refractivity (Wildman–Crippen MR) is 90.4 cm³/mol. The van der Waals surface area contributed by atoms with E-state index in [1.807, 2.05) is 19.1 Å². The highest BCUT2D eigenvalue weighted by molar-refractivity contribution is 7.16. The Hall–Kier alpha value is -2.34. The van der Waals surface area contributed by atoms with E-state index in [2.05, 4.69) is 5.32 Å². The first-order valence-electron chi connectivity index (χ1n) is 7.53. The topological polar surface area (TPSA) is 64.2 Å². The van der Waals surface area contributed by atoms with Gasteiger partial charge in [-0.05, 0) is 43.5 Å². The van der Waals surface area contributed by atoms with Crippen molar-refractivity contribution < 1.29 is 9.21 Å². The van der Waals surface area contributed by atoms with E-state index in [0.717, 1.165) is 40.1 Å². The highest BCUT2D eigenvalue weighted by atomic mass is 32.1. The van der Waals surface area contributed by atoms with Crippen LogP contribution in [0.4, 0.5) is 5.69 Å². The number of carbonyl (C=O) groups excluding carboxylic acids is 1. The number of rotatable bonds is 3. The molecule has 6 heteroatoms. The molecular formula is C17H16N2O3S. The summed E-state index contributed by atoms with van der Waals surface area (Å²) in [6, 6.07) is 5.52. The van der Waals surface area contributed by atoms with Crippen LogP contribution in [-0.4, -0.2) is 10.5 Å². The molecule has 2 heterocycles. The van der Waals surface area contributed by atoms with Crippen LogP contribution in [0.5, 0.6) is 0 Å². The standard InChI is InChI=1S/C17H16N2O3S/c1-9-7-13-14(23-17(21)19(13)2)8-12(9)18-16(20)11-5-6-22-15(11)10-3-4-10/h5-8,10H,3-4H2,1-2H3,(H,18,20). The number of thiazole rings is 1. The Labute approximate surface area is 136 Å². The second-order valence-corrected chi connectivity index (χ2v) is 6.98. The van der Waals surface area contributed by atoms with Crippen molar-refractivity contribution in [3.05, 3.63) is 51.0 Å². The van der Waals surface area contributed by atoms with Crippen molar-refractivity contribution in [2.45, 2.75) is 25.7 Å². The third-order valence-corrected chi connectivity index (χ3v) is 5.27. The van der Waals surface area contributed by atoms with Crippen molar-refractivity contribution in [1.82, 2.24) is 4.57 Å². The van der Waals surface area contributed by atoms with Gasteiger partial charge in [0.25, 0.3) is 5.91 Å². The van der Waals surface area contributed by atoms with E-state index in [0.29, 0.717) is 11.5 Å². The summed E-state index contributed by atoms with van der Waals surface area (Å²) in [5, 5.41) is 2.95. The molecule has 3 aromatic rings. The first-order chi connectivity index (χ1) is 11.0. The van der Waals surface area contributed by atoms with E-state index in [1.54, 1.807) is 23.9 Å². The molecule has 2 aromatic heterocycles.